The number of aryl methyl sites for hydroxylation is 1. The van der Waals surface area contributed by atoms with Gasteiger partial charge in [0.1, 0.15) is 11.5 Å². The van der Waals surface area contributed by atoms with Crippen LogP contribution in [0.2, 0.25) is 0 Å². The lowest BCUT2D eigenvalue weighted by atomic mass is 10.1. The van der Waals surface area contributed by atoms with E-state index in [-0.39, 0.29) is 47.0 Å². The summed E-state index contributed by atoms with van der Waals surface area (Å²) in [5.41, 5.74) is 2.38. The molecule has 0 bridgehead atoms. The van der Waals surface area contributed by atoms with Gasteiger partial charge in [0.25, 0.3) is 0 Å². The second kappa shape index (κ2) is 13.7. The van der Waals surface area contributed by atoms with E-state index in [0.717, 1.165) is 0 Å². The number of benzene rings is 3. The maximum absolute atomic E-state index is 14.8. The Balaban J connectivity index is 1.64. The van der Waals surface area contributed by atoms with Crippen molar-refractivity contribution in [2.45, 2.75) is 26.7 Å². The third kappa shape index (κ3) is 8.63. The van der Waals surface area contributed by atoms with E-state index in [1.54, 1.807) is 49.4 Å². The fraction of sp³-hybridized carbons (Fsp3) is 0.121. The van der Waals surface area contributed by atoms with Gasteiger partial charge >= 0.3 is 17.9 Å². The van der Waals surface area contributed by atoms with E-state index >= 15 is 0 Å². The number of hydrogen-bond acceptors (Lipinski definition) is 7. The first kappa shape index (κ1) is 30.3. The van der Waals surface area contributed by atoms with Crippen LogP contribution in [-0.2, 0) is 20.8 Å². The van der Waals surface area contributed by atoms with Gasteiger partial charge in [0, 0.05) is 17.6 Å². The van der Waals surface area contributed by atoms with Gasteiger partial charge in [-0.15, -0.1) is 0 Å². The lowest BCUT2D eigenvalue weighted by molar-refractivity contribution is -0.134. The number of hydrogen-bond donors (Lipinski definition) is 0. The maximum atomic E-state index is 14.8. The zero-order valence-corrected chi connectivity index (χ0v) is 22.8. The Kier molecular flexibility index (Phi) is 10.1. The van der Waals surface area contributed by atoms with Crippen LogP contribution in [0.15, 0.2) is 110 Å². The quantitative estimate of drug-likeness (QED) is 0.0775. The SMILES string of the molecule is C=CC(=C)Oc1cc(CCC(=O)Oc2ccc(-c3ccc(OC(=O)C(=C)C)cc3)cc2F)ccc1OC(=O)C(=C)C. The van der Waals surface area contributed by atoms with Crippen LogP contribution in [0.4, 0.5) is 4.39 Å². The van der Waals surface area contributed by atoms with Crippen molar-refractivity contribution in [3.63, 3.8) is 0 Å². The van der Waals surface area contributed by atoms with Crippen LogP contribution >= 0.6 is 0 Å². The van der Waals surface area contributed by atoms with Gasteiger partial charge in [-0.25, -0.2) is 14.0 Å². The van der Waals surface area contributed by atoms with Crippen molar-refractivity contribution in [2.24, 2.45) is 0 Å². The van der Waals surface area contributed by atoms with Gasteiger partial charge < -0.3 is 18.9 Å². The summed E-state index contributed by atoms with van der Waals surface area (Å²) in [5.74, 6) is -1.80. The normalized spacial score (nSPS) is 10.2. The highest BCUT2D eigenvalue weighted by molar-refractivity contribution is 5.89. The van der Waals surface area contributed by atoms with Crippen molar-refractivity contribution in [1.82, 2.24) is 0 Å². The first-order valence-corrected chi connectivity index (χ1v) is 12.4. The van der Waals surface area contributed by atoms with Gasteiger partial charge in [0.2, 0.25) is 0 Å². The lowest BCUT2D eigenvalue weighted by Gasteiger charge is -2.13. The average Bonchev–Trinajstić information content (AvgIpc) is 2.94. The lowest BCUT2D eigenvalue weighted by Crippen LogP contribution is -2.11. The Morgan fingerprint density at radius 2 is 1.34 bits per heavy atom. The fourth-order valence-electron chi connectivity index (χ4n) is 3.33. The summed E-state index contributed by atoms with van der Waals surface area (Å²) in [6, 6.07) is 15.5. The molecule has 3 aromatic rings. The minimum atomic E-state index is -0.712. The predicted molar refractivity (Wildman–Crippen MR) is 153 cm³/mol. The standard InChI is InChI=1S/C33H29FO7/c1-7-22(6)38-30-18-23(8-15-29(30)41-33(37)21(4)5)9-17-31(35)40-28-16-12-25(19-27(28)34)24-10-13-26(14-11-24)39-32(36)20(2)3/h7-8,10-16,18-19H,1-2,4,6,9,17H2,3,5H3. The molecule has 0 unspecified atom stereocenters. The molecule has 0 radical (unpaired) electrons. The Hall–Kier alpha value is -5.24. The van der Waals surface area contributed by atoms with E-state index < -0.39 is 23.7 Å². The Morgan fingerprint density at radius 3 is 1.95 bits per heavy atom. The molecular formula is C33H29FO7. The molecular weight excluding hydrogens is 527 g/mol. The number of halogens is 1. The van der Waals surface area contributed by atoms with Crippen molar-refractivity contribution in [1.29, 1.82) is 0 Å². The molecule has 0 atom stereocenters. The summed E-state index contributed by atoms with van der Waals surface area (Å²) in [4.78, 5) is 36.1. The molecule has 41 heavy (non-hydrogen) atoms. The molecule has 8 heteroatoms. The first-order chi connectivity index (χ1) is 19.5. The van der Waals surface area contributed by atoms with Crippen LogP contribution < -0.4 is 18.9 Å². The molecule has 0 aromatic heterocycles. The van der Waals surface area contributed by atoms with Crippen molar-refractivity contribution in [3.8, 4) is 34.1 Å². The number of carbonyl (C=O) groups is 3. The zero-order valence-electron chi connectivity index (χ0n) is 22.8. The smallest absolute Gasteiger partial charge is 0.338 e. The van der Waals surface area contributed by atoms with Crippen LogP contribution in [0, 0.1) is 5.82 Å². The van der Waals surface area contributed by atoms with Crippen LogP contribution in [0.5, 0.6) is 23.0 Å². The maximum Gasteiger partial charge on any atom is 0.338 e. The van der Waals surface area contributed by atoms with Gasteiger partial charge in [-0.1, -0.05) is 50.6 Å². The molecule has 0 aliphatic heterocycles. The molecule has 0 N–H and O–H groups in total. The van der Waals surface area contributed by atoms with E-state index in [0.29, 0.717) is 22.4 Å². The molecule has 3 rings (SSSR count). The zero-order chi connectivity index (χ0) is 30.1. The fourth-order valence-corrected chi connectivity index (χ4v) is 3.33. The molecule has 0 amide bonds. The summed E-state index contributed by atoms with van der Waals surface area (Å²) in [7, 11) is 0. The van der Waals surface area contributed by atoms with Crippen molar-refractivity contribution >= 4 is 17.9 Å². The number of carbonyl (C=O) groups excluding carboxylic acids is 3. The van der Waals surface area contributed by atoms with E-state index in [9.17, 15) is 18.8 Å². The van der Waals surface area contributed by atoms with E-state index in [1.807, 2.05) is 0 Å². The molecule has 0 heterocycles. The van der Waals surface area contributed by atoms with E-state index in [1.165, 1.54) is 31.2 Å². The highest BCUT2D eigenvalue weighted by Gasteiger charge is 2.15. The molecule has 0 saturated heterocycles. The molecule has 0 aliphatic rings. The summed E-state index contributed by atoms with van der Waals surface area (Å²) >= 11 is 0. The molecule has 3 aromatic carbocycles. The van der Waals surface area contributed by atoms with Crippen molar-refractivity contribution in [2.75, 3.05) is 0 Å². The Bertz CT molecular complexity index is 1530. The monoisotopic (exact) mass is 556 g/mol. The van der Waals surface area contributed by atoms with Crippen LogP contribution in [0.3, 0.4) is 0 Å². The second-order valence-corrected chi connectivity index (χ2v) is 9.04. The summed E-state index contributed by atoms with van der Waals surface area (Å²) < 4.78 is 36.1. The molecule has 210 valence electrons. The van der Waals surface area contributed by atoms with Crippen LogP contribution in [0.1, 0.15) is 25.8 Å². The highest BCUT2D eigenvalue weighted by Crippen LogP contribution is 2.32. The van der Waals surface area contributed by atoms with Gasteiger partial charge in [-0.05, 0) is 79.4 Å². The van der Waals surface area contributed by atoms with Crippen LogP contribution in [-0.4, -0.2) is 17.9 Å². The molecule has 7 nitrogen and oxygen atoms in total. The minimum Gasteiger partial charge on any atom is -0.454 e. The van der Waals surface area contributed by atoms with Gasteiger partial charge in [-0.2, -0.15) is 0 Å². The summed E-state index contributed by atoms with van der Waals surface area (Å²) in [6.45, 7) is 17.4. The average molecular weight is 557 g/mol. The third-order valence-corrected chi connectivity index (χ3v) is 5.55. The Labute approximate surface area is 237 Å². The molecule has 0 fully saturated rings. The topological polar surface area (TPSA) is 88.1 Å². The Morgan fingerprint density at radius 1 is 0.732 bits per heavy atom. The van der Waals surface area contributed by atoms with Crippen molar-refractivity contribution in [3.05, 3.63) is 121 Å². The van der Waals surface area contributed by atoms with Gasteiger partial charge in [0.05, 0.1) is 0 Å². The molecule has 0 spiro atoms. The van der Waals surface area contributed by atoms with Crippen LogP contribution in [0.25, 0.3) is 11.1 Å². The summed E-state index contributed by atoms with van der Waals surface area (Å²) in [6.07, 6.45) is 1.58. The van der Waals surface area contributed by atoms with Crippen molar-refractivity contribution < 1.29 is 37.7 Å². The summed E-state index contributed by atoms with van der Waals surface area (Å²) in [5, 5.41) is 0. The van der Waals surface area contributed by atoms with E-state index in [2.05, 4.69) is 26.3 Å². The van der Waals surface area contributed by atoms with Gasteiger partial charge in [-0.3, -0.25) is 4.79 Å². The largest absolute Gasteiger partial charge is 0.454 e. The minimum absolute atomic E-state index is 0.0572. The second-order valence-electron chi connectivity index (χ2n) is 9.04. The third-order valence-electron chi connectivity index (χ3n) is 5.55. The molecule has 0 aliphatic carbocycles. The highest BCUT2D eigenvalue weighted by atomic mass is 19.1. The number of esters is 3. The molecule has 0 saturated carbocycles. The van der Waals surface area contributed by atoms with E-state index in [4.69, 9.17) is 18.9 Å². The first-order valence-electron chi connectivity index (χ1n) is 12.4. The van der Waals surface area contributed by atoms with Gasteiger partial charge in [0.15, 0.2) is 23.1 Å². The predicted octanol–water partition coefficient (Wildman–Crippen LogP) is 7.07. The number of ether oxygens (including phenoxy) is 4. The number of allylic oxidation sites excluding steroid dienone is 1. The number of rotatable bonds is 12.